The van der Waals surface area contributed by atoms with Gasteiger partial charge < -0.3 is 10.8 Å². The van der Waals surface area contributed by atoms with E-state index in [9.17, 15) is 5.11 Å². The van der Waals surface area contributed by atoms with Crippen LogP contribution >= 0.6 is 0 Å². The van der Waals surface area contributed by atoms with Crippen molar-refractivity contribution in [3.8, 4) is 0 Å². The van der Waals surface area contributed by atoms with Gasteiger partial charge in [0.05, 0.1) is 6.10 Å². The fraction of sp³-hybridized carbons (Fsp3) is 1.00. The minimum Gasteiger partial charge on any atom is -0.393 e. The Bertz CT molecular complexity index is 424. The zero-order valence-corrected chi connectivity index (χ0v) is 13.9. The van der Waals surface area contributed by atoms with Crippen LogP contribution in [0.1, 0.15) is 71.6 Å². The molecular weight excluding hydrogens is 258 g/mol. The van der Waals surface area contributed by atoms with Crippen LogP contribution in [0.15, 0.2) is 0 Å². The van der Waals surface area contributed by atoms with Crippen LogP contribution in [0.2, 0.25) is 0 Å². The summed E-state index contributed by atoms with van der Waals surface area (Å²) >= 11 is 0. The molecule has 4 aliphatic rings. The Morgan fingerprint density at radius 2 is 1.57 bits per heavy atom. The first-order chi connectivity index (χ1) is 9.95. The minimum absolute atomic E-state index is 0.0200. The normalized spacial score (nSPS) is 60.0. The van der Waals surface area contributed by atoms with Crippen LogP contribution in [0, 0.1) is 34.5 Å². The zero-order chi connectivity index (χ0) is 14.8. The fourth-order valence-corrected chi connectivity index (χ4v) is 7.28. The van der Waals surface area contributed by atoms with Crippen molar-refractivity contribution in [1.29, 1.82) is 0 Å². The molecule has 0 heterocycles. The van der Waals surface area contributed by atoms with Crippen LogP contribution in [0.3, 0.4) is 0 Å². The van der Waals surface area contributed by atoms with E-state index >= 15 is 0 Å². The summed E-state index contributed by atoms with van der Waals surface area (Å²) in [7, 11) is 0. The number of rotatable bonds is 0. The first-order valence-electron chi connectivity index (χ1n) is 9.39. The lowest BCUT2D eigenvalue weighted by Crippen LogP contribution is -2.55. The monoisotopic (exact) mass is 291 g/mol. The summed E-state index contributed by atoms with van der Waals surface area (Å²) in [5, 5.41) is 10.1. The van der Waals surface area contributed by atoms with Gasteiger partial charge in [0.25, 0.3) is 0 Å². The molecule has 4 fully saturated rings. The van der Waals surface area contributed by atoms with Gasteiger partial charge >= 0.3 is 0 Å². The topological polar surface area (TPSA) is 46.2 Å². The standard InChI is InChI=1S/C19H33NO/c1-18-9-7-13(21)11-12(18)3-4-14-15-5-6-17(20)19(15,2)10-8-16(14)18/h12-17,21H,3-11,20H2,1-2H3/t12-,13+,14?,15?,16?,17+,18?,19?/m0/s1. The van der Waals surface area contributed by atoms with Crippen molar-refractivity contribution in [2.24, 2.45) is 40.2 Å². The summed E-state index contributed by atoms with van der Waals surface area (Å²) in [4.78, 5) is 0. The van der Waals surface area contributed by atoms with E-state index < -0.39 is 0 Å². The molecule has 21 heavy (non-hydrogen) atoms. The highest BCUT2D eigenvalue weighted by Crippen LogP contribution is 2.65. The number of aliphatic hydroxyl groups excluding tert-OH is 1. The fourth-order valence-electron chi connectivity index (χ4n) is 7.28. The van der Waals surface area contributed by atoms with Crippen molar-refractivity contribution in [2.45, 2.75) is 83.8 Å². The molecule has 4 aliphatic carbocycles. The first-order valence-corrected chi connectivity index (χ1v) is 9.39. The Hall–Kier alpha value is -0.0800. The summed E-state index contributed by atoms with van der Waals surface area (Å²) in [6.45, 7) is 5.06. The second-order valence-corrected chi connectivity index (χ2v) is 9.31. The quantitative estimate of drug-likeness (QED) is 0.714. The first kappa shape index (κ1) is 14.5. The van der Waals surface area contributed by atoms with Crippen LogP contribution in [-0.2, 0) is 0 Å². The van der Waals surface area contributed by atoms with E-state index in [1.165, 1.54) is 44.9 Å². The maximum Gasteiger partial charge on any atom is 0.0543 e. The van der Waals surface area contributed by atoms with Gasteiger partial charge in [0, 0.05) is 6.04 Å². The second kappa shape index (κ2) is 4.71. The Morgan fingerprint density at radius 1 is 0.857 bits per heavy atom. The van der Waals surface area contributed by atoms with Crippen molar-refractivity contribution in [3.05, 3.63) is 0 Å². The maximum absolute atomic E-state index is 10.1. The molecule has 0 aromatic carbocycles. The van der Waals surface area contributed by atoms with Gasteiger partial charge in [-0.2, -0.15) is 0 Å². The van der Waals surface area contributed by atoms with E-state index in [1.807, 2.05) is 0 Å². The molecule has 0 aromatic rings. The summed E-state index contributed by atoms with van der Waals surface area (Å²) < 4.78 is 0. The molecule has 120 valence electrons. The molecule has 0 bridgehead atoms. The average molecular weight is 291 g/mol. The van der Waals surface area contributed by atoms with Crippen LogP contribution in [0.25, 0.3) is 0 Å². The van der Waals surface area contributed by atoms with Gasteiger partial charge in [0.2, 0.25) is 0 Å². The smallest absolute Gasteiger partial charge is 0.0543 e. The molecule has 0 aromatic heterocycles. The van der Waals surface area contributed by atoms with E-state index in [-0.39, 0.29) is 6.10 Å². The Morgan fingerprint density at radius 3 is 2.38 bits per heavy atom. The largest absolute Gasteiger partial charge is 0.393 e. The lowest BCUT2D eigenvalue weighted by atomic mass is 9.45. The second-order valence-electron chi connectivity index (χ2n) is 9.31. The molecular formula is C19H33NO. The molecule has 2 heteroatoms. The third-order valence-electron chi connectivity index (χ3n) is 8.71. The highest BCUT2D eigenvalue weighted by Gasteiger charge is 2.59. The highest BCUT2D eigenvalue weighted by molar-refractivity contribution is 5.10. The summed E-state index contributed by atoms with van der Waals surface area (Å²) in [5.74, 6) is 3.50. The van der Waals surface area contributed by atoms with Crippen LogP contribution in [0.4, 0.5) is 0 Å². The highest BCUT2D eigenvalue weighted by atomic mass is 16.3. The van der Waals surface area contributed by atoms with Crippen molar-refractivity contribution in [1.82, 2.24) is 0 Å². The summed E-state index contributed by atoms with van der Waals surface area (Å²) in [6, 6.07) is 0.446. The van der Waals surface area contributed by atoms with Gasteiger partial charge in [-0.1, -0.05) is 13.8 Å². The molecule has 0 amide bonds. The van der Waals surface area contributed by atoms with Gasteiger partial charge in [-0.15, -0.1) is 0 Å². The van der Waals surface area contributed by atoms with Crippen LogP contribution < -0.4 is 5.73 Å². The molecule has 0 spiro atoms. The Balaban J connectivity index is 1.62. The third kappa shape index (κ3) is 1.91. The van der Waals surface area contributed by atoms with E-state index in [0.29, 0.717) is 16.9 Å². The number of fused-ring (bicyclic) bond motifs is 5. The van der Waals surface area contributed by atoms with Gasteiger partial charge in [-0.3, -0.25) is 0 Å². The van der Waals surface area contributed by atoms with Crippen molar-refractivity contribution in [2.75, 3.05) is 0 Å². The zero-order valence-electron chi connectivity index (χ0n) is 13.9. The van der Waals surface area contributed by atoms with Crippen molar-refractivity contribution < 1.29 is 5.11 Å². The number of hydrogen-bond donors (Lipinski definition) is 2. The number of hydrogen-bond acceptors (Lipinski definition) is 2. The van der Waals surface area contributed by atoms with E-state index in [4.69, 9.17) is 5.73 Å². The summed E-state index contributed by atoms with van der Waals surface area (Å²) in [6.07, 6.45) is 11.5. The van der Waals surface area contributed by atoms with Gasteiger partial charge in [-0.05, 0) is 92.3 Å². The van der Waals surface area contributed by atoms with E-state index in [1.54, 1.807) is 0 Å². The van der Waals surface area contributed by atoms with Crippen LogP contribution in [0.5, 0.6) is 0 Å². The SMILES string of the molecule is CC12CC[C@@H](O)C[C@@H]1CCC1C2CCC2(C)C1CC[C@H]2N. The lowest BCUT2D eigenvalue weighted by Gasteiger charge is -2.60. The minimum atomic E-state index is -0.0200. The summed E-state index contributed by atoms with van der Waals surface area (Å²) in [5.41, 5.74) is 7.43. The van der Waals surface area contributed by atoms with E-state index in [0.717, 1.165) is 36.5 Å². The van der Waals surface area contributed by atoms with Gasteiger partial charge in [-0.25, -0.2) is 0 Å². The van der Waals surface area contributed by atoms with Crippen molar-refractivity contribution in [3.63, 3.8) is 0 Å². The predicted octanol–water partition coefficient (Wildman–Crippen LogP) is 3.72. The predicted molar refractivity (Wildman–Crippen MR) is 85.7 cm³/mol. The van der Waals surface area contributed by atoms with Gasteiger partial charge in [0.15, 0.2) is 0 Å². The Kier molecular flexibility index (Phi) is 3.25. The molecule has 4 saturated carbocycles. The maximum atomic E-state index is 10.1. The average Bonchev–Trinajstić information content (AvgIpc) is 2.76. The molecule has 0 radical (unpaired) electrons. The Labute approximate surface area is 129 Å². The molecule has 0 saturated heterocycles. The number of nitrogens with two attached hydrogens (primary N) is 1. The lowest BCUT2D eigenvalue weighted by molar-refractivity contribution is -0.122. The van der Waals surface area contributed by atoms with E-state index in [2.05, 4.69) is 13.8 Å². The molecule has 4 rings (SSSR count). The van der Waals surface area contributed by atoms with Crippen molar-refractivity contribution >= 4 is 0 Å². The molecule has 8 atom stereocenters. The third-order valence-corrected chi connectivity index (χ3v) is 8.71. The molecule has 2 nitrogen and oxygen atoms in total. The van der Waals surface area contributed by atoms with Gasteiger partial charge in [0.1, 0.15) is 0 Å². The number of aliphatic hydroxyl groups is 1. The van der Waals surface area contributed by atoms with Crippen LogP contribution in [-0.4, -0.2) is 17.3 Å². The molecule has 5 unspecified atom stereocenters. The molecule has 3 N–H and O–H groups in total. The molecule has 0 aliphatic heterocycles.